The van der Waals surface area contributed by atoms with Crippen molar-refractivity contribution in [2.45, 2.75) is 33.7 Å². The van der Waals surface area contributed by atoms with Gasteiger partial charge in [0.25, 0.3) is 0 Å². The second-order valence-corrected chi connectivity index (χ2v) is 7.01. The number of hydrogen-bond donors (Lipinski definition) is 1. The number of benzene rings is 1. The third-order valence-corrected chi connectivity index (χ3v) is 5.10. The van der Waals surface area contributed by atoms with Gasteiger partial charge in [-0.15, -0.1) is 11.3 Å². The minimum atomic E-state index is 0.752. The SMILES string of the molecule is CCCOc1cc(C)ccc1NCc1cc(Br)c(C)s1. The lowest BCUT2D eigenvalue weighted by atomic mass is 10.2. The van der Waals surface area contributed by atoms with Gasteiger partial charge < -0.3 is 10.1 Å². The molecular weight excluding hydrogens is 334 g/mol. The fourth-order valence-electron chi connectivity index (χ4n) is 1.89. The highest BCUT2D eigenvalue weighted by molar-refractivity contribution is 9.10. The molecule has 2 aromatic rings. The first-order chi connectivity index (χ1) is 9.60. The maximum absolute atomic E-state index is 5.82. The molecular formula is C16H20BrNOS. The summed E-state index contributed by atoms with van der Waals surface area (Å²) in [5, 5.41) is 3.47. The Balaban J connectivity index is 2.08. The zero-order chi connectivity index (χ0) is 14.5. The van der Waals surface area contributed by atoms with Gasteiger partial charge in [-0.3, -0.25) is 0 Å². The molecule has 1 heterocycles. The highest BCUT2D eigenvalue weighted by Gasteiger charge is 2.06. The molecule has 0 spiro atoms. The fourth-order valence-corrected chi connectivity index (χ4v) is 3.44. The van der Waals surface area contributed by atoms with Gasteiger partial charge in [-0.25, -0.2) is 0 Å². The van der Waals surface area contributed by atoms with E-state index in [1.165, 1.54) is 19.8 Å². The molecule has 2 rings (SSSR count). The van der Waals surface area contributed by atoms with Crippen LogP contribution < -0.4 is 10.1 Å². The van der Waals surface area contributed by atoms with Gasteiger partial charge in [0.1, 0.15) is 5.75 Å². The largest absolute Gasteiger partial charge is 0.491 e. The van der Waals surface area contributed by atoms with Crippen LogP contribution in [0.2, 0.25) is 0 Å². The Labute approximate surface area is 133 Å². The van der Waals surface area contributed by atoms with Crippen LogP contribution in [0.15, 0.2) is 28.7 Å². The monoisotopic (exact) mass is 353 g/mol. The van der Waals surface area contributed by atoms with E-state index in [1.54, 1.807) is 0 Å². The summed E-state index contributed by atoms with van der Waals surface area (Å²) in [4.78, 5) is 2.63. The second kappa shape index (κ2) is 7.14. The Morgan fingerprint density at radius 3 is 2.70 bits per heavy atom. The normalized spacial score (nSPS) is 10.6. The molecule has 1 N–H and O–H groups in total. The first kappa shape index (κ1) is 15.4. The average Bonchev–Trinajstić information content (AvgIpc) is 2.74. The van der Waals surface area contributed by atoms with Gasteiger partial charge in [-0.2, -0.15) is 0 Å². The lowest BCUT2D eigenvalue weighted by molar-refractivity contribution is 0.318. The molecule has 0 fully saturated rings. The molecule has 1 aromatic heterocycles. The minimum absolute atomic E-state index is 0.752. The van der Waals surface area contributed by atoms with Gasteiger partial charge in [-0.05, 0) is 60.0 Å². The molecule has 0 amide bonds. The molecule has 108 valence electrons. The molecule has 0 unspecified atom stereocenters. The predicted octanol–water partition coefficient (Wildman–Crippen LogP) is 5.53. The quantitative estimate of drug-likeness (QED) is 0.737. The van der Waals surface area contributed by atoms with Crippen molar-refractivity contribution >= 4 is 33.0 Å². The summed E-state index contributed by atoms with van der Waals surface area (Å²) in [5.74, 6) is 0.944. The summed E-state index contributed by atoms with van der Waals surface area (Å²) in [6.45, 7) is 7.90. The first-order valence-corrected chi connectivity index (χ1v) is 8.43. The number of thiophene rings is 1. The van der Waals surface area contributed by atoms with E-state index < -0.39 is 0 Å². The van der Waals surface area contributed by atoms with Crippen molar-refractivity contribution in [2.24, 2.45) is 0 Å². The van der Waals surface area contributed by atoms with Crippen LogP contribution in [0.3, 0.4) is 0 Å². The Morgan fingerprint density at radius 1 is 1.25 bits per heavy atom. The van der Waals surface area contributed by atoms with E-state index >= 15 is 0 Å². The smallest absolute Gasteiger partial charge is 0.142 e. The van der Waals surface area contributed by atoms with Crippen LogP contribution in [0, 0.1) is 13.8 Å². The standard InChI is InChI=1S/C16H20BrNOS/c1-4-7-19-16-8-11(2)5-6-15(16)18-10-13-9-14(17)12(3)20-13/h5-6,8-9,18H,4,7,10H2,1-3H3. The molecule has 0 bridgehead atoms. The molecule has 1 aromatic carbocycles. The van der Waals surface area contributed by atoms with E-state index in [9.17, 15) is 0 Å². The Kier molecular flexibility index (Phi) is 5.49. The number of nitrogens with one attached hydrogen (secondary N) is 1. The minimum Gasteiger partial charge on any atom is -0.491 e. The summed E-state index contributed by atoms with van der Waals surface area (Å²) in [6, 6.07) is 8.47. The third-order valence-electron chi connectivity index (χ3n) is 2.96. The van der Waals surface area contributed by atoms with Gasteiger partial charge in [0.05, 0.1) is 12.3 Å². The lowest BCUT2D eigenvalue weighted by Crippen LogP contribution is -2.03. The molecule has 4 heteroatoms. The van der Waals surface area contributed by atoms with E-state index in [1.807, 2.05) is 11.3 Å². The Hall–Kier alpha value is -1.000. The predicted molar refractivity (Wildman–Crippen MR) is 91.0 cm³/mol. The van der Waals surface area contributed by atoms with Crippen LogP contribution in [0.25, 0.3) is 0 Å². The Morgan fingerprint density at radius 2 is 2.05 bits per heavy atom. The number of anilines is 1. The molecule has 0 atom stereocenters. The van der Waals surface area contributed by atoms with E-state index in [0.717, 1.165) is 31.0 Å². The van der Waals surface area contributed by atoms with Gasteiger partial charge >= 0.3 is 0 Å². The van der Waals surface area contributed by atoms with Crippen LogP contribution in [0.1, 0.15) is 28.7 Å². The second-order valence-electron chi connectivity index (χ2n) is 4.82. The number of hydrogen-bond acceptors (Lipinski definition) is 3. The lowest BCUT2D eigenvalue weighted by Gasteiger charge is -2.13. The maximum atomic E-state index is 5.82. The van der Waals surface area contributed by atoms with Gasteiger partial charge in [0, 0.05) is 20.8 Å². The zero-order valence-corrected chi connectivity index (χ0v) is 14.5. The van der Waals surface area contributed by atoms with Crippen molar-refractivity contribution < 1.29 is 4.74 Å². The summed E-state index contributed by atoms with van der Waals surface area (Å²) >= 11 is 5.37. The molecule has 0 radical (unpaired) electrons. The highest BCUT2D eigenvalue weighted by atomic mass is 79.9. The number of ether oxygens (including phenoxy) is 1. The molecule has 20 heavy (non-hydrogen) atoms. The van der Waals surface area contributed by atoms with Crippen LogP contribution in [-0.4, -0.2) is 6.61 Å². The van der Waals surface area contributed by atoms with Crippen LogP contribution in [-0.2, 0) is 6.54 Å². The van der Waals surface area contributed by atoms with Crippen molar-refractivity contribution in [2.75, 3.05) is 11.9 Å². The van der Waals surface area contributed by atoms with E-state index in [4.69, 9.17) is 4.74 Å². The molecule has 0 saturated heterocycles. The number of halogens is 1. The molecule has 0 aliphatic carbocycles. The summed E-state index contributed by atoms with van der Waals surface area (Å²) < 4.78 is 7.00. The molecule has 0 saturated carbocycles. The molecule has 0 aliphatic heterocycles. The van der Waals surface area contributed by atoms with Crippen molar-refractivity contribution in [3.8, 4) is 5.75 Å². The topological polar surface area (TPSA) is 21.3 Å². The van der Waals surface area contributed by atoms with Crippen molar-refractivity contribution in [3.63, 3.8) is 0 Å². The number of rotatable bonds is 6. The van der Waals surface area contributed by atoms with Gasteiger partial charge in [-0.1, -0.05) is 13.0 Å². The van der Waals surface area contributed by atoms with Crippen molar-refractivity contribution in [1.29, 1.82) is 0 Å². The van der Waals surface area contributed by atoms with Crippen molar-refractivity contribution in [1.82, 2.24) is 0 Å². The van der Waals surface area contributed by atoms with Gasteiger partial charge in [0.2, 0.25) is 0 Å². The van der Waals surface area contributed by atoms with E-state index in [2.05, 4.69) is 66.3 Å². The van der Waals surface area contributed by atoms with Crippen LogP contribution in [0.5, 0.6) is 5.75 Å². The fraction of sp³-hybridized carbons (Fsp3) is 0.375. The Bertz CT molecular complexity index is 560. The van der Waals surface area contributed by atoms with Gasteiger partial charge in [0.15, 0.2) is 0 Å². The summed E-state index contributed by atoms with van der Waals surface area (Å²) in [5.41, 5.74) is 2.28. The van der Waals surface area contributed by atoms with Crippen LogP contribution in [0.4, 0.5) is 5.69 Å². The van der Waals surface area contributed by atoms with E-state index in [0.29, 0.717) is 0 Å². The third kappa shape index (κ3) is 4.00. The highest BCUT2D eigenvalue weighted by Crippen LogP contribution is 2.29. The number of aryl methyl sites for hydroxylation is 2. The summed E-state index contributed by atoms with van der Waals surface area (Å²) in [7, 11) is 0. The van der Waals surface area contributed by atoms with Crippen molar-refractivity contribution in [3.05, 3.63) is 44.1 Å². The van der Waals surface area contributed by atoms with Crippen LogP contribution >= 0.6 is 27.3 Å². The molecule has 0 aliphatic rings. The average molecular weight is 354 g/mol. The summed E-state index contributed by atoms with van der Waals surface area (Å²) in [6.07, 6.45) is 1.02. The first-order valence-electron chi connectivity index (χ1n) is 6.82. The molecule has 2 nitrogen and oxygen atoms in total. The zero-order valence-electron chi connectivity index (χ0n) is 12.1. The van der Waals surface area contributed by atoms with E-state index in [-0.39, 0.29) is 0 Å². The maximum Gasteiger partial charge on any atom is 0.142 e.